The van der Waals surface area contributed by atoms with Crippen LogP contribution in [0, 0.1) is 0 Å². The van der Waals surface area contributed by atoms with Crippen molar-refractivity contribution in [3.8, 4) is 17.3 Å². The second-order valence-electron chi connectivity index (χ2n) is 8.21. The Morgan fingerprint density at radius 1 is 0.971 bits per heavy atom. The minimum absolute atomic E-state index is 0.109. The van der Waals surface area contributed by atoms with Crippen LogP contribution < -0.4 is 9.64 Å². The Morgan fingerprint density at radius 2 is 1.74 bits per heavy atom. The molecule has 0 bridgehead atoms. The Kier molecular flexibility index (Phi) is 7.04. The van der Waals surface area contributed by atoms with Crippen molar-refractivity contribution < 1.29 is 13.9 Å². The number of hydrogen-bond donors (Lipinski definition) is 0. The molecule has 35 heavy (non-hydrogen) atoms. The molecule has 8 nitrogen and oxygen atoms in total. The number of methoxy groups -OCH3 is 1. The number of furan rings is 1. The first-order chi connectivity index (χ1) is 17.2. The number of nitrogens with zero attached hydrogens (tertiary/aromatic N) is 5. The lowest BCUT2D eigenvalue weighted by atomic mass is 10.2. The summed E-state index contributed by atoms with van der Waals surface area (Å²) in [5, 5.41) is 9.44. The van der Waals surface area contributed by atoms with Gasteiger partial charge in [0.1, 0.15) is 5.75 Å². The predicted molar refractivity (Wildman–Crippen MR) is 136 cm³/mol. The summed E-state index contributed by atoms with van der Waals surface area (Å²) >= 11 is 1.42. The second-order valence-corrected chi connectivity index (χ2v) is 9.15. The summed E-state index contributed by atoms with van der Waals surface area (Å²) in [4.78, 5) is 17.2. The molecule has 1 aliphatic heterocycles. The van der Waals surface area contributed by atoms with E-state index in [1.807, 2.05) is 51.9 Å². The lowest BCUT2D eigenvalue weighted by molar-refractivity contribution is -0.128. The topological polar surface area (TPSA) is 76.6 Å². The highest BCUT2D eigenvalue weighted by atomic mass is 32.2. The maximum atomic E-state index is 13.0. The maximum absolute atomic E-state index is 13.0. The minimum atomic E-state index is 0.109. The number of benzene rings is 2. The van der Waals surface area contributed by atoms with Gasteiger partial charge in [-0.05, 0) is 42.0 Å². The Hall–Kier alpha value is -3.72. The highest BCUT2D eigenvalue weighted by molar-refractivity contribution is 7.99. The number of thioether (sulfide) groups is 1. The van der Waals surface area contributed by atoms with Gasteiger partial charge in [-0.15, -0.1) is 10.2 Å². The van der Waals surface area contributed by atoms with Crippen LogP contribution in [0.3, 0.4) is 0 Å². The largest absolute Gasteiger partial charge is 0.497 e. The average Bonchev–Trinajstić information content (AvgIpc) is 3.58. The Balaban J connectivity index is 1.22. The van der Waals surface area contributed by atoms with Gasteiger partial charge in [0.25, 0.3) is 0 Å². The number of carbonyl (C=O) groups excluding carboxylic acids is 1. The van der Waals surface area contributed by atoms with E-state index in [9.17, 15) is 4.79 Å². The van der Waals surface area contributed by atoms with Crippen LogP contribution in [0.1, 0.15) is 5.56 Å². The van der Waals surface area contributed by atoms with Crippen molar-refractivity contribution in [3.05, 3.63) is 78.6 Å². The van der Waals surface area contributed by atoms with E-state index >= 15 is 0 Å². The second kappa shape index (κ2) is 10.7. The molecule has 0 unspecified atom stereocenters. The van der Waals surface area contributed by atoms with Gasteiger partial charge in [0, 0.05) is 31.9 Å². The lowest BCUT2D eigenvalue weighted by Crippen LogP contribution is -2.49. The van der Waals surface area contributed by atoms with Gasteiger partial charge in [0.05, 0.1) is 25.7 Å². The van der Waals surface area contributed by atoms with Gasteiger partial charge in [0.15, 0.2) is 10.9 Å². The molecule has 1 amide bonds. The smallest absolute Gasteiger partial charge is 0.233 e. The van der Waals surface area contributed by atoms with Crippen molar-refractivity contribution in [1.29, 1.82) is 0 Å². The predicted octanol–water partition coefficient (Wildman–Crippen LogP) is 4.04. The summed E-state index contributed by atoms with van der Waals surface area (Å²) in [6.07, 6.45) is 1.62. The summed E-state index contributed by atoms with van der Waals surface area (Å²) in [7, 11) is 1.67. The molecule has 1 aliphatic rings. The molecule has 2 aromatic heterocycles. The first kappa shape index (κ1) is 23.0. The number of aromatic nitrogens is 3. The van der Waals surface area contributed by atoms with Crippen molar-refractivity contribution in [1.82, 2.24) is 19.7 Å². The van der Waals surface area contributed by atoms with E-state index in [4.69, 9.17) is 9.15 Å². The van der Waals surface area contributed by atoms with Crippen LogP contribution in [0.25, 0.3) is 11.6 Å². The molecule has 0 spiro atoms. The first-order valence-corrected chi connectivity index (χ1v) is 12.5. The summed E-state index contributed by atoms with van der Waals surface area (Å²) in [6.45, 7) is 3.59. The molecule has 0 saturated carbocycles. The van der Waals surface area contributed by atoms with Crippen LogP contribution in [-0.4, -0.2) is 64.6 Å². The Morgan fingerprint density at radius 3 is 2.43 bits per heavy atom. The van der Waals surface area contributed by atoms with Gasteiger partial charge < -0.3 is 19.0 Å². The van der Waals surface area contributed by atoms with Crippen molar-refractivity contribution in [3.63, 3.8) is 0 Å². The van der Waals surface area contributed by atoms with E-state index < -0.39 is 0 Å². The molecule has 5 rings (SSSR count). The normalized spacial score (nSPS) is 13.7. The molecular formula is C26H27N5O3S. The van der Waals surface area contributed by atoms with Gasteiger partial charge in [-0.3, -0.25) is 9.36 Å². The van der Waals surface area contributed by atoms with Gasteiger partial charge in [-0.2, -0.15) is 0 Å². The summed E-state index contributed by atoms with van der Waals surface area (Å²) in [5.74, 6) is 2.57. The molecule has 3 heterocycles. The third kappa shape index (κ3) is 5.35. The zero-order valence-corrected chi connectivity index (χ0v) is 20.4. The van der Waals surface area contributed by atoms with Crippen molar-refractivity contribution in [2.24, 2.45) is 0 Å². The summed E-state index contributed by atoms with van der Waals surface area (Å²) in [5.41, 5.74) is 2.27. The van der Waals surface area contributed by atoms with Crippen LogP contribution in [0.4, 0.5) is 5.69 Å². The molecule has 0 aliphatic carbocycles. The highest BCUT2D eigenvalue weighted by Gasteiger charge is 2.23. The van der Waals surface area contributed by atoms with E-state index in [1.54, 1.807) is 13.4 Å². The van der Waals surface area contributed by atoms with E-state index in [1.165, 1.54) is 11.8 Å². The van der Waals surface area contributed by atoms with Gasteiger partial charge in [-0.1, -0.05) is 42.1 Å². The van der Waals surface area contributed by atoms with Crippen LogP contribution in [0.15, 0.2) is 82.6 Å². The zero-order chi connectivity index (χ0) is 24.0. The molecule has 9 heteroatoms. The average molecular weight is 490 g/mol. The van der Waals surface area contributed by atoms with Gasteiger partial charge in [-0.25, -0.2) is 0 Å². The SMILES string of the molecule is COc1ccc(N2CCN(C(=O)CSc3nnc(-c4ccco4)n3Cc3ccccc3)CC2)cc1. The van der Waals surface area contributed by atoms with Crippen LogP contribution in [0.2, 0.25) is 0 Å². The molecule has 4 aromatic rings. The fourth-order valence-corrected chi connectivity index (χ4v) is 4.96. The van der Waals surface area contributed by atoms with E-state index in [0.717, 1.165) is 30.1 Å². The van der Waals surface area contributed by atoms with E-state index in [-0.39, 0.29) is 5.91 Å². The molecule has 1 saturated heterocycles. The van der Waals surface area contributed by atoms with Gasteiger partial charge in [0.2, 0.25) is 11.7 Å². The molecule has 0 N–H and O–H groups in total. The quantitative estimate of drug-likeness (QED) is 0.346. The van der Waals surface area contributed by atoms with Crippen LogP contribution >= 0.6 is 11.8 Å². The van der Waals surface area contributed by atoms with Crippen molar-refractivity contribution in [2.45, 2.75) is 11.7 Å². The number of amides is 1. The van der Waals surface area contributed by atoms with Crippen molar-refractivity contribution in [2.75, 3.05) is 43.9 Å². The fraction of sp³-hybridized carbons (Fsp3) is 0.269. The molecule has 0 radical (unpaired) electrons. The number of anilines is 1. The number of hydrogen-bond acceptors (Lipinski definition) is 7. The summed E-state index contributed by atoms with van der Waals surface area (Å²) in [6, 6.07) is 21.9. The van der Waals surface area contributed by atoms with E-state index in [0.29, 0.717) is 42.1 Å². The first-order valence-electron chi connectivity index (χ1n) is 11.5. The maximum Gasteiger partial charge on any atom is 0.233 e. The van der Waals surface area contributed by atoms with Crippen molar-refractivity contribution >= 4 is 23.4 Å². The molecule has 0 atom stereocenters. The summed E-state index contributed by atoms with van der Waals surface area (Å²) < 4.78 is 12.8. The lowest BCUT2D eigenvalue weighted by Gasteiger charge is -2.36. The number of rotatable bonds is 8. The Bertz CT molecular complexity index is 1230. The minimum Gasteiger partial charge on any atom is -0.497 e. The Labute approximate surface area is 208 Å². The number of piperazine rings is 1. The molecule has 1 fully saturated rings. The monoisotopic (exact) mass is 489 g/mol. The van der Waals surface area contributed by atoms with Crippen LogP contribution in [0.5, 0.6) is 5.75 Å². The molecular weight excluding hydrogens is 462 g/mol. The molecule has 180 valence electrons. The third-order valence-electron chi connectivity index (χ3n) is 6.04. The molecule has 2 aromatic carbocycles. The zero-order valence-electron chi connectivity index (χ0n) is 19.5. The number of ether oxygens (including phenoxy) is 1. The van der Waals surface area contributed by atoms with Gasteiger partial charge >= 0.3 is 0 Å². The third-order valence-corrected chi connectivity index (χ3v) is 6.99. The number of carbonyl (C=O) groups is 1. The fourth-order valence-electron chi connectivity index (χ4n) is 4.12. The van der Waals surface area contributed by atoms with E-state index in [2.05, 4.69) is 39.4 Å². The highest BCUT2D eigenvalue weighted by Crippen LogP contribution is 2.26. The van der Waals surface area contributed by atoms with Crippen LogP contribution in [-0.2, 0) is 11.3 Å². The standard InChI is InChI=1S/C26H27N5O3S/c1-33-22-11-9-21(10-12-22)29-13-15-30(16-14-29)24(32)19-35-26-28-27-25(23-8-5-17-34-23)31(26)18-20-6-3-2-4-7-20/h2-12,17H,13-16,18-19H2,1H3.